The zero-order valence-corrected chi connectivity index (χ0v) is 18.1. The molecule has 0 saturated carbocycles. The smallest absolute Gasteiger partial charge is 0.251 e. The van der Waals surface area contributed by atoms with E-state index in [1.807, 2.05) is 32.0 Å². The highest BCUT2D eigenvalue weighted by Gasteiger charge is 2.61. The van der Waals surface area contributed by atoms with E-state index in [-0.39, 0.29) is 31.5 Å². The molecule has 7 nitrogen and oxygen atoms in total. The monoisotopic (exact) mass is 444 g/mol. The van der Waals surface area contributed by atoms with Crippen LogP contribution in [0.4, 0.5) is 0 Å². The van der Waals surface area contributed by atoms with Crippen LogP contribution < -0.4 is 10.6 Å². The van der Waals surface area contributed by atoms with Crippen LogP contribution in [0.25, 0.3) is 0 Å². The Morgan fingerprint density at radius 2 is 1.65 bits per heavy atom. The van der Waals surface area contributed by atoms with Crippen LogP contribution in [-0.2, 0) is 14.2 Å². The molecule has 2 fully saturated rings. The topological polar surface area (TPSA) is 85.9 Å². The highest BCUT2D eigenvalue weighted by Crippen LogP contribution is 2.43. The Balaban J connectivity index is 1.40. The molecule has 0 aliphatic carbocycles. The molecule has 2 heterocycles. The fourth-order valence-electron chi connectivity index (χ4n) is 4.02. The maximum atomic E-state index is 12.5. The molecular formula is C23H25ClN2O5. The molecule has 2 aromatic rings. The molecule has 0 unspecified atom stereocenters. The van der Waals surface area contributed by atoms with Gasteiger partial charge in [-0.3, -0.25) is 9.59 Å². The number of ether oxygens (including phenoxy) is 3. The average Bonchev–Trinajstić information content (AvgIpc) is 3.21. The maximum Gasteiger partial charge on any atom is 0.251 e. The molecule has 2 aromatic carbocycles. The summed E-state index contributed by atoms with van der Waals surface area (Å²) < 4.78 is 18.2. The Morgan fingerprint density at radius 1 is 1.00 bits per heavy atom. The molecule has 2 aliphatic rings. The van der Waals surface area contributed by atoms with Crippen molar-refractivity contribution in [3.63, 3.8) is 0 Å². The van der Waals surface area contributed by atoms with Gasteiger partial charge in [-0.15, -0.1) is 0 Å². The summed E-state index contributed by atoms with van der Waals surface area (Å²) in [6.07, 6.45) is -0.851. The minimum Gasteiger partial charge on any atom is -0.370 e. The summed E-state index contributed by atoms with van der Waals surface area (Å²) in [7, 11) is 0. The van der Waals surface area contributed by atoms with Crippen LogP contribution in [0.1, 0.15) is 34.6 Å². The van der Waals surface area contributed by atoms with Gasteiger partial charge in [0.25, 0.3) is 11.8 Å². The molecule has 2 aliphatic heterocycles. The lowest BCUT2D eigenvalue weighted by molar-refractivity contribution is -0.188. The molecule has 0 spiro atoms. The summed E-state index contributed by atoms with van der Waals surface area (Å²) in [5, 5.41) is 6.38. The van der Waals surface area contributed by atoms with Gasteiger partial charge >= 0.3 is 0 Å². The molecule has 8 heteroatoms. The summed E-state index contributed by atoms with van der Waals surface area (Å²) in [5.41, 5.74) is 0.246. The zero-order chi connectivity index (χ0) is 22.1. The molecule has 164 valence electrons. The number of halogens is 1. The van der Waals surface area contributed by atoms with Gasteiger partial charge in [-0.05, 0) is 50.2 Å². The Hall–Kier alpha value is -2.45. The normalized spacial score (nSPS) is 26.3. The van der Waals surface area contributed by atoms with Gasteiger partial charge in [0.1, 0.15) is 17.8 Å². The van der Waals surface area contributed by atoms with Crippen LogP contribution in [-0.4, -0.2) is 55.1 Å². The van der Waals surface area contributed by atoms with Crippen LogP contribution in [0.3, 0.4) is 0 Å². The molecule has 2 N–H and O–H groups in total. The average molecular weight is 445 g/mol. The summed E-state index contributed by atoms with van der Waals surface area (Å²) in [6, 6.07) is 15.6. The van der Waals surface area contributed by atoms with E-state index in [0.29, 0.717) is 16.1 Å². The van der Waals surface area contributed by atoms with Crippen molar-refractivity contribution in [2.45, 2.75) is 37.4 Å². The first-order chi connectivity index (χ1) is 14.8. The lowest BCUT2D eigenvalue weighted by Gasteiger charge is -2.27. The standard InChI is InChI=1S/C23H25ClN2O5/c1-22(2)30-19-18(12-25-20(27)16-8-10-17(24)11-9-16)29-14-23(19,31-22)13-26-21(28)15-6-4-3-5-7-15/h3-11,18-19H,12-14H2,1-2H3,(H,25,27)(H,26,28)/t18-,19-,23+/m1/s1. The Kier molecular flexibility index (Phi) is 6.03. The summed E-state index contributed by atoms with van der Waals surface area (Å²) in [5.74, 6) is -1.25. The van der Waals surface area contributed by atoms with Gasteiger partial charge in [0.15, 0.2) is 5.79 Å². The summed E-state index contributed by atoms with van der Waals surface area (Å²) >= 11 is 5.88. The number of carbonyl (C=O) groups is 2. The van der Waals surface area contributed by atoms with Gasteiger partial charge in [0.2, 0.25) is 0 Å². The van der Waals surface area contributed by atoms with Crippen LogP contribution in [0.15, 0.2) is 54.6 Å². The third kappa shape index (κ3) is 4.75. The number of nitrogens with one attached hydrogen (secondary N) is 2. The van der Waals surface area contributed by atoms with Gasteiger partial charge in [0.05, 0.1) is 13.2 Å². The Morgan fingerprint density at radius 3 is 2.35 bits per heavy atom. The van der Waals surface area contributed by atoms with Gasteiger partial charge in [0, 0.05) is 22.7 Å². The van der Waals surface area contributed by atoms with Gasteiger partial charge < -0.3 is 24.8 Å². The highest BCUT2D eigenvalue weighted by molar-refractivity contribution is 6.30. The van der Waals surface area contributed by atoms with Crippen molar-refractivity contribution in [3.8, 4) is 0 Å². The Labute approximate surface area is 186 Å². The van der Waals surface area contributed by atoms with Crippen molar-refractivity contribution in [3.05, 3.63) is 70.7 Å². The van der Waals surface area contributed by atoms with E-state index < -0.39 is 23.6 Å². The second-order valence-electron chi connectivity index (χ2n) is 8.22. The molecule has 2 amide bonds. The van der Waals surface area contributed by atoms with Crippen molar-refractivity contribution < 1.29 is 23.8 Å². The number of hydrogen-bond donors (Lipinski definition) is 2. The maximum absolute atomic E-state index is 12.5. The number of carbonyl (C=O) groups excluding carboxylic acids is 2. The molecule has 3 atom stereocenters. The number of fused-ring (bicyclic) bond motifs is 1. The zero-order valence-electron chi connectivity index (χ0n) is 17.4. The van der Waals surface area contributed by atoms with E-state index in [1.165, 1.54) is 0 Å². The fourth-order valence-corrected chi connectivity index (χ4v) is 4.14. The van der Waals surface area contributed by atoms with E-state index in [9.17, 15) is 9.59 Å². The largest absolute Gasteiger partial charge is 0.370 e. The number of rotatable bonds is 6. The third-order valence-electron chi connectivity index (χ3n) is 5.41. The minimum absolute atomic E-state index is 0.193. The van der Waals surface area contributed by atoms with Crippen LogP contribution in [0.5, 0.6) is 0 Å². The molecule has 2 saturated heterocycles. The first kappa shape index (κ1) is 21.8. The minimum atomic E-state index is -0.830. The fraction of sp³-hybridized carbons (Fsp3) is 0.391. The number of benzene rings is 2. The predicted molar refractivity (Wildman–Crippen MR) is 115 cm³/mol. The highest BCUT2D eigenvalue weighted by atomic mass is 35.5. The second kappa shape index (κ2) is 8.59. The third-order valence-corrected chi connectivity index (χ3v) is 5.66. The molecule has 0 radical (unpaired) electrons. The van der Waals surface area contributed by atoms with Crippen molar-refractivity contribution >= 4 is 23.4 Å². The van der Waals surface area contributed by atoms with Crippen molar-refractivity contribution in [2.24, 2.45) is 0 Å². The molecule has 0 bridgehead atoms. The van der Waals surface area contributed by atoms with Gasteiger partial charge in [-0.1, -0.05) is 29.8 Å². The first-order valence-corrected chi connectivity index (χ1v) is 10.5. The van der Waals surface area contributed by atoms with Crippen molar-refractivity contribution in [1.29, 1.82) is 0 Å². The molecule has 31 heavy (non-hydrogen) atoms. The lowest BCUT2D eigenvalue weighted by Crippen LogP contribution is -2.52. The quantitative estimate of drug-likeness (QED) is 0.715. The van der Waals surface area contributed by atoms with Crippen molar-refractivity contribution in [2.75, 3.05) is 19.7 Å². The van der Waals surface area contributed by atoms with Crippen molar-refractivity contribution in [1.82, 2.24) is 10.6 Å². The SMILES string of the molecule is CC1(C)O[C@@H]2[C@@H](CNC(=O)c3ccc(Cl)cc3)OC[C@]2(CNC(=O)c2ccccc2)O1. The number of amides is 2. The summed E-state index contributed by atoms with van der Waals surface area (Å²) in [4.78, 5) is 25.0. The van der Waals surface area contributed by atoms with E-state index in [0.717, 1.165) is 0 Å². The predicted octanol–water partition coefficient (Wildman–Crippen LogP) is 2.79. The van der Waals surface area contributed by atoms with Crippen LogP contribution >= 0.6 is 11.6 Å². The number of hydrogen-bond acceptors (Lipinski definition) is 5. The second-order valence-corrected chi connectivity index (χ2v) is 8.66. The van der Waals surface area contributed by atoms with Crippen LogP contribution in [0.2, 0.25) is 5.02 Å². The van der Waals surface area contributed by atoms with E-state index in [4.69, 9.17) is 25.8 Å². The van der Waals surface area contributed by atoms with E-state index in [1.54, 1.807) is 36.4 Å². The summed E-state index contributed by atoms with van der Waals surface area (Å²) in [6.45, 7) is 4.39. The van der Waals surface area contributed by atoms with E-state index in [2.05, 4.69) is 10.6 Å². The molecule has 4 rings (SSSR count). The molecule has 0 aromatic heterocycles. The van der Waals surface area contributed by atoms with Gasteiger partial charge in [-0.25, -0.2) is 0 Å². The first-order valence-electron chi connectivity index (χ1n) is 10.1. The van der Waals surface area contributed by atoms with Crippen LogP contribution in [0, 0.1) is 0 Å². The molecular weight excluding hydrogens is 420 g/mol. The Bertz CT molecular complexity index is 950. The lowest BCUT2D eigenvalue weighted by atomic mass is 9.96. The van der Waals surface area contributed by atoms with E-state index >= 15 is 0 Å². The van der Waals surface area contributed by atoms with Gasteiger partial charge in [-0.2, -0.15) is 0 Å².